The number of benzene rings is 1. The lowest BCUT2D eigenvalue weighted by atomic mass is 10.2. The molecule has 0 spiro atoms. The number of aromatic nitrogens is 1. The van der Waals surface area contributed by atoms with E-state index < -0.39 is 0 Å². The van der Waals surface area contributed by atoms with Crippen molar-refractivity contribution in [1.29, 1.82) is 0 Å². The number of furan rings is 1. The van der Waals surface area contributed by atoms with Crippen molar-refractivity contribution in [3.63, 3.8) is 0 Å². The van der Waals surface area contributed by atoms with E-state index >= 15 is 0 Å². The van der Waals surface area contributed by atoms with Gasteiger partial charge in [-0.15, -0.1) is 11.3 Å². The molecule has 5 heteroatoms. The predicted molar refractivity (Wildman–Crippen MR) is 87.1 cm³/mol. The van der Waals surface area contributed by atoms with Crippen LogP contribution >= 0.6 is 11.3 Å². The van der Waals surface area contributed by atoms with Gasteiger partial charge in [0.15, 0.2) is 0 Å². The Morgan fingerprint density at radius 3 is 2.86 bits per heavy atom. The minimum absolute atomic E-state index is 0.175. The average Bonchev–Trinajstić information content (AvgIpc) is 3.23. The van der Waals surface area contributed by atoms with Gasteiger partial charge in [-0.1, -0.05) is 30.3 Å². The number of nitrogens with zero attached hydrogens (tertiary/aromatic N) is 1. The first-order chi connectivity index (χ1) is 10.8. The van der Waals surface area contributed by atoms with Gasteiger partial charge in [-0.25, -0.2) is 4.98 Å². The number of thiazole rings is 1. The van der Waals surface area contributed by atoms with Crippen LogP contribution in [0.25, 0.3) is 16.6 Å². The van der Waals surface area contributed by atoms with Crippen LogP contribution in [-0.4, -0.2) is 10.9 Å². The molecule has 0 aliphatic heterocycles. The molecule has 1 amide bonds. The topological polar surface area (TPSA) is 55.1 Å². The van der Waals surface area contributed by atoms with E-state index in [-0.39, 0.29) is 5.91 Å². The number of nitrogens with one attached hydrogen (secondary N) is 1. The summed E-state index contributed by atoms with van der Waals surface area (Å²) >= 11 is 1.57. The highest BCUT2D eigenvalue weighted by atomic mass is 32.1. The summed E-state index contributed by atoms with van der Waals surface area (Å²) in [7, 11) is 0. The highest BCUT2D eigenvalue weighted by Gasteiger charge is 2.05. The smallest absolute Gasteiger partial charge is 0.244 e. The first kappa shape index (κ1) is 14.3. The second-order valence-corrected chi connectivity index (χ2v) is 5.43. The Hall–Kier alpha value is -2.66. The van der Waals surface area contributed by atoms with E-state index in [9.17, 15) is 4.79 Å². The quantitative estimate of drug-likeness (QED) is 0.731. The fraction of sp³-hybridized carbons (Fsp3) is 0.0588. The van der Waals surface area contributed by atoms with Gasteiger partial charge in [0, 0.05) is 17.0 Å². The average molecular weight is 310 g/mol. The summed E-state index contributed by atoms with van der Waals surface area (Å²) in [5.74, 6) is 0.473. The van der Waals surface area contributed by atoms with Crippen LogP contribution in [0.3, 0.4) is 0 Å². The molecule has 3 aromatic rings. The summed E-state index contributed by atoms with van der Waals surface area (Å²) in [4.78, 5) is 16.2. The summed E-state index contributed by atoms with van der Waals surface area (Å²) < 4.78 is 5.12. The zero-order chi connectivity index (χ0) is 15.2. The lowest BCUT2D eigenvalue weighted by Gasteiger charge is -1.98. The van der Waals surface area contributed by atoms with E-state index in [1.807, 2.05) is 35.7 Å². The molecule has 0 saturated heterocycles. The molecule has 1 N–H and O–H groups in total. The Bertz CT molecular complexity index is 761. The van der Waals surface area contributed by atoms with Crippen molar-refractivity contribution in [3.8, 4) is 10.6 Å². The van der Waals surface area contributed by atoms with Gasteiger partial charge in [0.2, 0.25) is 5.91 Å². The predicted octanol–water partition coefficient (Wildman–Crippen LogP) is 3.73. The number of rotatable bonds is 5. The number of hydrogen-bond acceptors (Lipinski definition) is 4. The fourth-order valence-corrected chi connectivity index (χ4v) is 2.71. The molecule has 0 bridgehead atoms. The summed E-state index contributed by atoms with van der Waals surface area (Å²) in [6.07, 6.45) is 4.65. The van der Waals surface area contributed by atoms with Crippen LogP contribution in [0.2, 0.25) is 0 Å². The van der Waals surface area contributed by atoms with Crippen molar-refractivity contribution in [3.05, 3.63) is 71.6 Å². The van der Waals surface area contributed by atoms with Crippen molar-refractivity contribution in [1.82, 2.24) is 10.3 Å². The molecular formula is C17H14N2O2S. The summed E-state index contributed by atoms with van der Waals surface area (Å²) in [5.41, 5.74) is 1.94. The van der Waals surface area contributed by atoms with Crippen LogP contribution in [0, 0.1) is 0 Å². The zero-order valence-electron chi connectivity index (χ0n) is 11.7. The largest absolute Gasteiger partial charge is 0.465 e. The minimum atomic E-state index is -0.175. The van der Waals surface area contributed by atoms with Gasteiger partial charge in [-0.2, -0.15) is 0 Å². The summed E-state index contributed by atoms with van der Waals surface area (Å²) in [5, 5.41) is 5.71. The van der Waals surface area contributed by atoms with Gasteiger partial charge in [0.25, 0.3) is 0 Å². The van der Waals surface area contributed by atoms with Crippen molar-refractivity contribution in [2.45, 2.75) is 6.54 Å². The van der Waals surface area contributed by atoms with Crippen LogP contribution in [-0.2, 0) is 11.3 Å². The molecule has 1 aromatic carbocycles. The second-order valence-electron chi connectivity index (χ2n) is 4.58. The summed E-state index contributed by atoms with van der Waals surface area (Å²) in [6.45, 7) is 0.407. The first-order valence-corrected chi connectivity index (χ1v) is 7.68. The molecular weight excluding hydrogens is 296 g/mol. The van der Waals surface area contributed by atoms with Gasteiger partial charge >= 0.3 is 0 Å². The molecule has 2 heterocycles. The van der Waals surface area contributed by atoms with Crippen LogP contribution in [0.4, 0.5) is 0 Å². The van der Waals surface area contributed by atoms with Crippen LogP contribution < -0.4 is 5.32 Å². The molecule has 0 aliphatic carbocycles. The molecule has 4 nitrogen and oxygen atoms in total. The highest BCUT2D eigenvalue weighted by Crippen LogP contribution is 2.23. The van der Waals surface area contributed by atoms with E-state index in [1.165, 1.54) is 6.08 Å². The molecule has 0 atom stereocenters. The zero-order valence-corrected chi connectivity index (χ0v) is 12.5. The maximum Gasteiger partial charge on any atom is 0.244 e. The first-order valence-electron chi connectivity index (χ1n) is 6.80. The maximum atomic E-state index is 11.7. The maximum absolute atomic E-state index is 11.7. The Kier molecular flexibility index (Phi) is 4.46. The minimum Gasteiger partial charge on any atom is -0.465 e. The number of carbonyl (C=O) groups excluding carboxylic acids is 1. The third-order valence-corrected chi connectivity index (χ3v) is 3.90. The molecule has 0 saturated carbocycles. The SMILES string of the molecule is O=C(/C=C/c1ccco1)NCc1csc(-c2ccccc2)n1. The highest BCUT2D eigenvalue weighted by molar-refractivity contribution is 7.13. The Morgan fingerprint density at radius 1 is 1.23 bits per heavy atom. The molecule has 0 fully saturated rings. The summed E-state index contributed by atoms with van der Waals surface area (Å²) in [6, 6.07) is 13.5. The van der Waals surface area contributed by atoms with Gasteiger partial charge < -0.3 is 9.73 Å². The molecule has 0 aliphatic rings. The standard InChI is InChI=1S/C17H14N2O2S/c20-16(9-8-15-7-4-10-21-15)18-11-14-12-22-17(19-14)13-5-2-1-3-6-13/h1-10,12H,11H2,(H,18,20)/b9-8+. The van der Waals surface area contributed by atoms with Crippen LogP contribution in [0.15, 0.2) is 64.6 Å². The number of carbonyl (C=O) groups is 1. The van der Waals surface area contributed by atoms with E-state index in [0.29, 0.717) is 12.3 Å². The normalized spacial score (nSPS) is 10.9. The van der Waals surface area contributed by atoms with Gasteiger partial charge in [-0.05, 0) is 18.2 Å². The Morgan fingerprint density at radius 2 is 2.09 bits per heavy atom. The molecule has 0 unspecified atom stereocenters. The molecule has 22 heavy (non-hydrogen) atoms. The van der Waals surface area contributed by atoms with Crippen molar-refractivity contribution in [2.75, 3.05) is 0 Å². The second kappa shape index (κ2) is 6.87. The Balaban J connectivity index is 1.56. The molecule has 110 valence electrons. The fourth-order valence-electron chi connectivity index (χ4n) is 1.88. The van der Waals surface area contributed by atoms with E-state index in [2.05, 4.69) is 10.3 Å². The van der Waals surface area contributed by atoms with Gasteiger partial charge in [-0.3, -0.25) is 4.79 Å². The third-order valence-electron chi connectivity index (χ3n) is 2.96. The lowest BCUT2D eigenvalue weighted by molar-refractivity contribution is -0.116. The van der Waals surface area contributed by atoms with Gasteiger partial charge in [0.1, 0.15) is 10.8 Å². The molecule has 3 rings (SSSR count). The van der Waals surface area contributed by atoms with Crippen molar-refractivity contribution in [2.24, 2.45) is 0 Å². The van der Waals surface area contributed by atoms with Crippen molar-refractivity contribution >= 4 is 23.3 Å². The number of hydrogen-bond donors (Lipinski definition) is 1. The monoisotopic (exact) mass is 310 g/mol. The van der Waals surface area contributed by atoms with Crippen LogP contribution in [0.1, 0.15) is 11.5 Å². The lowest BCUT2D eigenvalue weighted by Crippen LogP contribution is -2.20. The molecule has 0 radical (unpaired) electrons. The van der Waals surface area contributed by atoms with Crippen LogP contribution in [0.5, 0.6) is 0 Å². The number of amides is 1. The van der Waals surface area contributed by atoms with Gasteiger partial charge in [0.05, 0.1) is 18.5 Å². The van der Waals surface area contributed by atoms with E-state index in [1.54, 1.807) is 35.8 Å². The molecule has 2 aromatic heterocycles. The van der Waals surface area contributed by atoms with Crippen molar-refractivity contribution < 1.29 is 9.21 Å². The third kappa shape index (κ3) is 3.71. The van der Waals surface area contributed by atoms with E-state index in [0.717, 1.165) is 16.3 Å². The van der Waals surface area contributed by atoms with E-state index in [4.69, 9.17) is 4.42 Å². The Labute approximate surface area is 132 Å².